The van der Waals surface area contributed by atoms with Crippen LogP contribution in [0.1, 0.15) is 19.8 Å². The fourth-order valence-corrected chi connectivity index (χ4v) is 1.27. The second-order valence-corrected chi connectivity index (χ2v) is 3.90. The SMILES string of the molecule is CCCC(=C(OC)OC)[N+](C)(C)C. The van der Waals surface area contributed by atoms with E-state index in [-0.39, 0.29) is 0 Å². The van der Waals surface area contributed by atoms with Crippen molar-refractivity contribution in [3.63, 3.8) is 0 Å². The van der Waals surface area contributed by atoms with Gasteiger partial charge in [0.15, 0.2) is 5.70 Å². The molecule has 0 spiro atoms. The van der Waals surface area contributed by atoms with E-state index in [1.165, 1.54) is 5.70 Å². The van der Waals surface area contributed by atoms with Crippen LogP contribution in [-0.2, 0) is 9.47 Å². The van der Waals surface area contributed by atoms with Crippen molar-refractivity contribution in [2.24, 2.45) is 0 Å². The van der Waals surface area contributed by atoms with Crippen LogP contribution in [0.2, 0.25) is 0 Å². The van der Waals surface area contributed by atoms with E-state index in [4.69, 9.17) is 9.47 Å². The molecule has 0 atom stereocenters. The topological polar surface area (TPSA) is 18.5 Å². The van der Waals surface area contributed by atoms with E-state index in [0.29, 0.717) is 5.95 Å². The molecular formula is C10H22NO2+. The maximum absolute atomic E-state index is 5.18. The summed E-state index contributed by atoms with van der Waals surface area (Å²) in [7, 11) is 9.63. The Morgan fingerprint density at radius 3 is 1.77 bits per heavy atom. The first-order valence-electron chi connectivity index (χ1n) is 4.60. The Kier molecular flexibility index (Phi) is 4.85. The summed E-state index contributed by atoms with van der Waals surface area (Å²) in [5.74, 6) is 0.648. The first-order valence-corrected chi connectivity index (χ1v) is 4.60. The minimum Gasteiger partial charge on any atom is -0.465 e. The van der Waals surface area contributed by atoms with E-state index in [1.54, 1.807) is 14.2 Å². The second-order valence-electron chi connectivity index (χ2n) is 3.90. The Bertz CT molecular complexity index is 174. The highest BCUT2D eigenvalue weighted by Gasteiger charge is 2.22. The Morgan fingerprint density at radius 1 is 1.08 bits per heavy atom. The minimum atomic E-state index is 0.648. The molecule has 0 bridgehead atoms. The van der Waals surface area contributed by atoms with E-state index in [1.807, 2.05) is 0 Å². The van der Waals surface area contributed by atoms with Gasteiger partial charge in [0.05, 0.1) is 35.4 Å². The number of hydrogen-bond acceptors (Lipinski definition) is 2. The average molecular weight is 188 g/mol. The van der Waals surface area contributed by atoms with Crippen molar-refractivity contribution in [3.8, 4) is 0 Å². The zero-order chi connectivity index (χ0) is 10.5. The van der Waals surface area contributed by atoms with Gasteiger partial charge in [0.25, 0.3) is 0 Å². The summed E-state index contributed by atoms with van der Waals surface area (Å²) in [6.45, 7) is 2.15. The van der Waals surface area contributed by atoms with Gasteiger partial charge in [-0.25, -0.2) is 0 Å². The fraction of sp³-hybridized carbons (Fsp3) is 0.800. The second kappa shape index (κ2) is 5.12. The molecule has 0 radical (unpaired) electrons. The zero-order valence-corrected chi connectivity index (χ0v) is 9.68. The van der Waals surface area contributed by atoms with Crippen molar-refractivity contribution in [1.82, 2.24) is 0 Å². The van der Waals surface area contributed by atoms with Crippen LogP contribution in [0.25, 0.3) is 0 Å². The Hall–Kier alpha value is -0.700. The molecule has 0 saturated carbocycles. The predicted molar refractivity (Wildman–Crippen MR) is 54.0 cm³/mol. The average Bonchev–Trinajstić information content (AvgIpc) is 2.03. The predicted octanol–water partition coefficient (Wildman–Crippen LogP) is 1.95. The highest BCUT2D eigenvalue weighted by Crippen LogP contribution is 2.19. The normalized spacial score (nSPS) is 10.9. The van der Waals surface area contributed by atoms with Crippen molar-refractivity contribution in [2.75, 3.05) is 35.4 Å². The Labute approximate surface area is 81.5 Å². The van der Waals surface area contributed by atoms with Crippen LogP contribution in [0.5, 0.6) is 0 Å². The van der Waals surface area contributed by atoms with Crippen LogP contribution in [0.15, 0.2) is 11.6 Å². The van der Waals surface area contributed by atoms with E-state index in [0.717, 1.165) is 17.3 Å². The van der Waals surface area contributed by atoms with Crippen molar-refractivity contribution < 1.29 is 14.0 Å². The van der Waals surface area contributed by atoms with Crippen molar-refractivity contribution >= 4 is 0 Å². The third-order valence-electron chi connectivity index (χ3n) is 1.90. The van der Waals surface area contributed by atoms with E-state index < -0.39 is 0 Å². The van der Waals surface area contributed by atoms with Crippen LogP contribution in [0.3, 0.4) is 0 Å². The third kappa shape index (κ3) is 3.68. The molecule has 0 unspecified atom stereocenters. The molecule has 0 N–H and O–H groups in total. The summed E-state index contributed by atoms with van der Waals surface area (Å²) in [4.78, 5) is 0. The fourth-order valence-electron chi connectivity index (χ4n) is 1.27. The molecule has 3 heteroatoms. The summed E-state index contributed by atoms with van der Waals surface area (Å²) in [5.41, 5.74) is 1.19. The van der Waals surface area contributed by atoms with Crippen LogP contribution in [0, 0.1) is 0 Å². The number of quaternary nitrogens is 1. The van der Waals surface area contributed by atoms with Gasteiger partial charge in [-0.05, 0) is 6.42 Å². The summed E-state index contributed by atoms with van der Waals surface area (Å²) in [6, 6.07) is 0. The molecule has 0 aliphatic carbocycles. The van der Waals surface area contributed by atoms with Crippen molar-refractivity contribution in [1.29, 1.82) is 0 Å². The maximum Gasteiger partial charge on any atom is 0.338 e. The van der Waals surface area contributed by atoms with Gasteiger partial charge >= 0.3 is 5.95 Å². The van der Waals surface area contributed by atoms with Gasteiger partial charge in [0, 0.05) is 6.42 Å². The zero-order valence-electron chi connectivity index (χ0n) is 9.68. The van der Waals surface area contributed by atoms with Gasteiger partial charge in [-0.1, -0.05) is 6.92 Å². The van der Waals surface area contributed by atoms with Crippen molar-refractivity contribution in [2.45, 2.75) is 19.8 Å². The van der Waals surface area contributed by atoms with Gasteiger partial charge in [-0.15, -0.1) is 0 Å². The number of nitrogens with zero attached hydrogens (tertiary/aromatic N) is 1. The quantitative estimate of drug-likeness (QED) is 0.485. The smallest absolute Gasteiger partial charge is 0.338 e. The lowest BCUT2D eigenvalue weighted by Crippen LogP contribution is -2.35. The number of ether oxygens (including phenoxy) is 2. The lowest BCUT2D eigenvalue weighted by Gasteiger charge is -2.27. The minimum absolute atomic E-state index is 0.648. The highest BCUT2D eigenvalue weighted by molar-refractivity contribution is 4.94. The molecule has 0 aromatic heterocycles. The summed E-state index contributed by atoms with van der Waals surface area (Å²) in [6.07, 6.45) is 2.10. The van der Waals surface area contributed by atoms with Crippen LogP contribution in [-0.4, -0.2) is 39.8 Å². The number of allylic oxidation sites excluding steroid dienone is 1. The number of hydrogen-bond donors (Lipinski definition) is 0. The van der Waals surface area contributed by atoms with E-state index in [2.05, 4.69) is 28.1 Å². The molecule has 0 saturated heterocycles. The molecule has 0 fully saturated rings. The molecule has 13 heavy (non-hydrogen) atoms. The van der Waals surface area contributed by atoms with Gasteiger partial charge in [0.2, 0.25) is 0 Å². The lowest BCUT2D eigenvalue weighted by molar-refractivity contribution is -0.834. The number of methoxy groups -OCH3 is 2. The third-order valence-corrected chi connectivity index (χ3v) is 1.90. The Balaban J connectivity index is 4.85. The van der Waals surface area contributed by atoms with Crippen LogP contribution in [0.4, 0.5) is 0 Å². The molecule has 0 aliphatic rings. The molecule has 0 rings (SSSR count). The maximum atomic E-state index is 5.18. The monoisotopic (exact) mass is 188 g/mol. The van der Waals surface area contributed by atoms with Gasteiger partial charge < -0.3 is 9.47 Å². The van der Waals surface area contributed by atoms with Gasteiger partial charge in [0.1, 0.15) is 0 Å². The first kappa shape index (κ1) is 12.3. The van der Waals surface area contributed by atoms with Crippen LogP contribution >= 0.6 is 0 Å². The summed E-state index contributed by atoms with van der Waals surface area (Å²) in [5, 5.41) is 0. The summed E-state index contributed by atoms with van der Waals surface area (Å²) >= 11 is 0. The lowest BCUT2D eigenvalue weighted by atomic mass is 10.2. The molecule has 0 aromatic carbocycles. The van der Waals surface area contributed by atoms with Gasteiger partial charge in [-0.3, -0.25) is 4.48 Å². The standard InChI is InChI=1S/C10H22NO2/c1-7-8-9(11(2,3)4)10(12-5)13-6/h7-8H2,1-6H3/q+1. The summed E-state index contributed by atoms with van der Waals surface area (Å²) < 4.78 is 11.1. The molecular weight excluding hydrogens is 166 g/mol. The first-order chi connectivity index (χ1) is 5.97. The molecule has 0 heterocycles. The molecule has 0 aliphatic heterocycles. The molecule has 3 nitrogen and oxygen atoms in total. The molecule has 0 aromatic rings. The number of rotatable bonds is 5. The van der Waals surface area contributed by atoms with Crippen molar-refractivity contribution in [3.05, 3.63) is 11.6 Å². The highest BCUT2D eigenvalue weighted by atomic mass is 16.7. The molecule has 0 amide bonds. The van der Waals surface area contributed by atoms with Gasteiger partial charge in [-0.2, -0.15) is 0 Å². The van der Waals surface area contributed by atoms with E-state index in [9.17, 15) is 0 Å². The molecule has 78 valence electrons. The Morgan fingerprint density at radius 2 is 1.54 bits per heavy atom. The van der Waals surface area contributed by atoms with Crippen LogP contribution < -0.4 is 0 Å². The largest absolute Gasteiger partial charge is 0.465 e. The van der Waals surface area contributed by atoms with E-state index >= 15 is 0 Å².